The van der Waals surface area contributed by atoms with Gasteiger partial charge in [0.2, 0.25) is 4.77 Å². The predicted octanol–water partition coefficient (Wildman–Crippen LogP) is 9.61. The normalized spacial score (nSPS) is 11.4. The van der Waals surface area contributed by atoms with Gasteiger partial charge >= 0.3 is 0 Å². The minimum absolute atomic E-state index is 0.00188. The number of anilines is 1. The largest absolute Gasteiger partial charge is 0.485 e. The number of rotatable bonds is 9. The van der Waals surface area contributed by atoms with E-state index >= 15 is 0 Å². The van der Waals surface area contributed by atoms with E-state index in [4.69, 9.17) is 79.4 Å². The van der Waals surface area contributed by atoms with E-state index in [9.17, 15) is 4.39 Å². The highest BCUT2D eigenvalue weighted by atomic mass is 35.5. The van der Waals surface area contributed by atoms with Crippen LogP contribution in [0, 0.1) is 10.6 Å². The topological polar surface area (TPSA) is 69.5 Å². The third-order valence-electron chi connectivity index (χ3n) is 5.62. The summed E-state index contributed by atoms with van der Waals surface area (Å²) in [7, 11) is 0. The standard InChI is InChI=1S/C27H17Cl5FN5O2S/c28-15-1-5-19(21(30)9-15)25-8-4-18(40-25)12-35-38-26(13-39-17-3-6-20(29)22(31)11-17)36-37(27(38)41)14-34-16-2-7-24(33)23(32)10-16/h1-12,34H,13-14H2/b35-12+. The molecule has 0 aliphatic heterocycles. The van der Waals surface area contributed by atoms with Crippen LogP contribution in [0.25, 0.3) is 11.3 Å². The van der Waals surface area contributed by atoms with Gasteiger partial charge in [0.25, 0.3) is 0 Å². The van der Waals surface area contributed by atoms with Crippen LogP contribution in [-0.4, -0.2) is 20.7 Å². The van der Waals surface area contributed by atoms with Crippen LogP contribution in [0.15, 0.2) is 76.2 Å². The molecule has 0 atom stereocenters. The average Bonchev–Trinajstić information content (AvgIpc) is 3.52. The first-order valence-electron chi connectivity index (χ1n) is 11.7. The molecular weight excluding hydrogens is 655 g/mol. The zero-order valence-corrected chi connectivity index (χ0v) is 25.2. The van der Waals surface area contributed by atoms with Crippen LogP contribution in [0.3, 0.4) is 0 Å². The molecule has 0 aliphatic rings. The lowest BCUT2D eigenvalue weighted by molar-refractivity contribution is 0.290. The van der Waals surface area contributed by atoms with E-state index in [0.717, 1.165) is 0 Å². The summed E-state index contributed by atoms with van der Waals surface area (Å²) in [5.41, 5.74) is 1.26. The SMILES string of the molecule is Fc1ccc(NCn2nc(COc3ccc(Cl)c(Cl)c3)n(/N=C/c3ccc(-c4ccc(Cl)cc4Cl)o3)c2=S)cc1Cl. The zero-order chi connectivity index (χ0) is 29.1. The van der Waals surface area contributed by atoms with E-state index in [0.29, 0.717) is 54.4 Å². The number of benzene rings is 3. The van der Waals surface area contributed by atoms with Gasteiger partial charge in [-0.05, 0) is 72.9 Å². The maximum absolute atomic E-state index is 13.6. The van der Waals surface area contributed by atoms with Gasteiger partial charge in [-0.1, -0.05) is 58.0 Å². The zero-order valence-electron chi connectivity index (χ0n) is 20.6. The van der Waals surface area contributed by atoms with Crippen molar-refractivity contribution in [1.82, 2.24) is 14.5 Å². The average molecular weight is 672 g/mol. The highest BCUT2D eigenvalue weighted by molar-refractivity contribution is 7.71. The van der Waals surface area contributed by atoms with Gasteiger partial charge < -0.3 is 14.5 Å². The molecule has 14 heteroatoms. The quantitative estimate of drug-likeness (QED) is 0.125. The Morgan fingerprint density at radius 1 is 0.927 bits per heavy atom. The molecule has 0 aliphatic carbocycles. The van der Waals surface area contributed by atoms with Crippen LogP contribution in [0.2, 0.25) is 25.1 Å². The Balaban J connectivity index is 1.41. The summed E-state index contributed by atoms with van der Waals surface area (Å²) in [5.74, 6) is 1.32. The Morgan fingerprint density at radius 3 is 2.51 bits per heavy atom. The van der Waals surface area contributed by atoms with Crippen LogP contribution < -0.4 is 10.1 Å². The Morgan fingerprint density at radius 2 is 1.76 bits per heavy atom. The fraction of sp³-hybridized carbons (Fsp3) is 0.0741. The van der Waals surface area contributed by atoms with Crippen molar-refractivity contribution >= 4 is 82.1 Å². The van der Waals surface area contributed by atoms with Gasteiger partial charge in [0, 0.05) is 22.3 Å². The molecule has 0 saturated heterocycles. The minimum Gasteiger partial charge on any atom is -0.485 e. The van der Waals surface area contributed by atoms with Gasteiger partial charge in [0.15, 0.2) is 5.82 Å². The molecular formula is C27H17Cl5FN5O2S. The van der Waals surface area contributed by atoms with E-state index in [1.54, 1.807) is 54.6 Å². The molecule has 5 aromatic rings. The Labute approximate surface area is 263 Å². The van der Waals surface area contributed by atoms with Crippen molar-refractivity contribution in [2.75, 3.05) is 5.32 Å². The summed E-state index contributed by atoms with van der Waals surface area (Å²) in [6.07, 6.45) is 1.49. The van der Waals surface area contributed by atoms with Gasteiger partial charge in [0.1, 0.15) is 36.4 Å². The van der Waals surface area contributed by atoms with Gasteiger partial charge in [-0.25, -0.2) is 9.07 Å². The van der Waals surface area contributed by atoms with Gasteiger partial charge in [-0.15, -0.1) is 5.10 Å². The maximum Gasteiger partial charge on any atom is 0.220 e. The predicted molar refractivity (Wildman–Crippen MR) is 164 cm³/mol. The minimum atomic E-state index is -0.520. The summed E-state index contributed by atoms with van der Waals surface area (Å²) >= 11 is 36.0. The third kappa shape index (κ3) is 7.06. The molecule has 0 fully saturated rings. The van der Waals surface area contributed by atoms with Crippen LogP contribution in [0.1, 0.15) is 11.6 Å². The van der Waals surface area contributed by atoms with Crippen LogP contribution in [0.5, 0.6) is 5.75 Å². The Bertz CT molecular complexity index is 1820. The second kappa shape index (κ2) is 12.9. The highest BCUT2D eigenvalue weighted by Gasteiger charge is 2.13. The molecule has 5 rings (SSSR count). The molecule has 0 bridgehead atoms. The van der Waals surface area contributed by atoms with Gasteiger partial charge in [-0.2, -0.15) is 9.78 Å². The molecule has 41 heavy (non-hydrogen) atoms. The third-order valence-corrected chi connectivity index (χ3v) is 7.58. The van der Waals surface area contributed by atoms with E-state index in [-0.39, 0.29) is 23.1 Å². The molecule has 210 valence electrons. The van der Waals surface area contributed by atoms with Crippen LogP contribution >= 0.6 is 70.2 Å². The van der Waals surface area contributed by atoms with Crippen molar-refractivity contribution in [2.24, 2.45) is 5.10 Å². The number of hydrogen-bond acceptors (Lipinski definition) is 6. The lowest BCUT2D eigenvalue weighted by Gasteiger charge is -2.07. The first-order valence-corrected chi connectivity index (χ1v) is 14.0. The number of nitrogens with zero attached hydrogens (tertiary/aromatic N) is 4. The summed E-state index contributed by atoms with van der Waals surface area (Å²) < 4.78 is 28.5. The Kier molecular flexibility index (Phi) is 9.23. The molecule has 0 spiro atoms. The molecule has 0 amide bonds. The molecule has 0 radical (unpaired) electrons. The lowest BCUT2D eigenvalue weighted by Crippen LogP contribution is -2.10. The number of halogens is 6. The number of furan rings is 1. The molecule has 2 aromatic heterocycles. The van der Waals surface area contributed by atoms with Crippen LogP contribution in [0.4, 0.5) is 10.1 Å². The molecule has 3 aromatic carbocycles. The number of ether oxygens (including phenoxy) is 1. The number of nitrogens with one attached hydrogen (secondary N) is 1. The molecule has 1 N–H and O–H groups in total. The molecule has 0 saturated carbocycles. The molecule has 0 unspecified atom stereocenters. The maximum atomic E-state index is 13.6. The van der Waals surface area contributed by atoms with Gasteiger partial charge in [0.05, 0.1) is 26.3 Å². The summed E-state index contributed by atoms with van der Waals surface area (Å²) in [4.78, 5) is 0. The van der Waals surface area contributed by atoms with Crippen molar-refractivity contribution in [1.29, 1.82) is 0 Å². The van der Waals surface area contributed by atoms with E-state index < -0.39 is 5.82 Å². The summed E-state index contributed by atoms with van der Waals surface area (Å²) in [5, 5.41) is 13.9. The van der Waals surface area contributed by atoms with Crippen molar-refractivity contribution in [3.8, 4) is 17.1 Å². The number of aromatic nitrogens is 3. The highest BCUT2D eigenvalue weighted by Crippen LogP contribution is 2.31. The second-order valence-electron chi connectivity index (χ2n) is 8.41. The first-order chi connectivity index (χ1) is 19.7. The van der Waals surface area contributed by atoms with Crippen molar-refractivity contribution in [3.05, 3.63) is 114 Å². The van der Waals surface area contributed by atoms with Gasteiger partial charge in [-0.3, -0.25) is 0 Å². The lowest BCUT2D eigenvalue weighted by atomic mass is 10.2. The fourth-order valence-corrected chi connectivity index (χ4v) is 4.84. The summed E-state index contributed by atoms with van der Waals surface area (Å²) in [6, 6.07) is 17.8. The van der Waals surface area contributed by atoms with Crippen molar-refractivity contribution in [2.45, 2.75) is 13.3 Å². The van der Waals surface area contributed by atoms with E-state index in [2.05, 4.69) is 15.5 Å². The second-order valence-corrected chi connectivity index (χ2v) is 10.8. The molecule has 7 nitrogen and oxygen atoms in total. The summed E-state index contributed by atoms with van der Waals surface area (Å²) in [6.45, 7) is 0.140. The fourth-order valence-electron chi connectivity index (χ4n) is 3.61. The molecule has 2 heterocycles. The van der Waals surface area contributed by atoms with E-state index in [1.165, 1.54) is 27.7 Å². The first kappa shape index (κ1) is 29.4. The Hall–Kier alpha value is -3.05. The van der Waals surface area contributed by atoms with E-state index in [1.807, 2.05) is 0 Å². The smallest absolute Gasteiger partial charge is 0.220 e. The van der Waals surface area contributed by atoms with Crippen molar-refractivity contribution in [3.63, 3.8) is 0 Å². The number of hydrogen-bond donors (Lipinski definition) is 1. The monoisotopic (exact) mass is 669 g/mol. The van der Waals surface area contributed by atoms with Crippen LogP contribution in [-0.2, 0) is 13.3 Å². The van der Waals surface area contributed by atoms with Crippen molar-refractivity contribution < 1.29 is 13.5 Å².